The van der Waals surface area contributed by atoms with Crippen LogP contribution in [0.1, 0.15) is 12.3 Å². The van der Waals surface area contributed by atoms with Gasteiger partial charge in [0.25, 0.3) is 0 Å². The highest BCUT2D eigenvalue weighted by atomic mass is 16.4. The average Bonchev–Trinajstić information content (AvgIpc) is 2.87. The van der Waals surface area contributed by atoms with Gasteiger partial charge in [-0.2, -0.15) is 0 Å². The van der Waals surface area contributed by atoms with Crippen LogP contribution in [0.5, 0.6) is 0 Å². The highest BCUT2D eigenvalue weighted by molar-refractivity contribution is 5.77. The summed E-state index contributed by atoms with van der Waals surface area (Å²) in [7, 11) is 0. The van der Waals surface area contributed by atoms with Crippen LogP contribution >= 0.6 is 0 Å². The number of fused-ring (bicyclic) bond motifs is 1. The third kappa shape index (κ3) is 3.30. The molecule has 2 heterocycles. The number of piperazine rings is 1. The van der Waals surface area contributed by atoms with Gasteiger partial charge in [0, 0.05) is 50.9 Å². The normalized spacial score (nSPS) is 18.6. The molecule has 3 N–H and O–H groups in total. The second-order valence-corrected chi connectivity index (χ2v) is 5.51. The van der Waals surface area contributed by atoms with E-state index in [1.807, 2.05) is 25.1 Å². The van der Waals surface area contributed by atoms with E-state index in [2.05, 4.69) is 15.6 Å². The lowest BCUT2D eigenvalue weighted by Crippen LogP contribution is -2.52. The molecule has 3 rings (SSSR count). The molecule has 2 aromatic rings. The maximum absolute atomic E-state index is 11.0. The number of hydrogen-bond donors (Lipinski definition) is 3. The van der Waals surface area contributed by atoms with Gasteiger partial charge in [-0.1, -0.05) is 0 Å². The van der Waals surface area contributed by atoms with Gasteiger partial charge >= 0.3 is 6.09 Å². The van der Waals surface area contributed by atoms with Crippen molar-refractivity contribution in [3.05, 3.63) is 24.1 Å². The highest BCUT2D eigenvalue weighted by Gasteiger charge is 2.22. The molecule has 1 fully saturated rings. The summed E-state index contributed by atoms with van der Waals surface area (Å²) < 4.78 is 5.51. The summed E-state index contributed by atoms with van der Waals surface area (Å²) in [5.41, 5.74) is 2.61. The number of aromatic nitrogens is 1. The Hall–Kier alpha value is -2.28. The fourth-order valence-electron chi connectivity index (χ4n) is 2.73. The van der Waals surface area contributed by atoms with Gasteiger partial charge in [-0.15, -0.1) is 0 Å². The molecule has 1 aliphatic rings. The van der Waals surface area contributed by atoms with Crippen molar-refractivity contribution in [3.63, 3.8) is 0 Å². The predicted molar refractivity (Wildman–Crippen MR) is 83.2 cm³/mol. The summed E-state index contributed by atoms with van der Waals surface area (Å²) in [5, 5.41) is 15.7. The second-order valence-electron chi connectivity index (χ2n) is 5.51. The van der Waals surface area contributed by atoms with Gasteiger partial charge in [-0.25, -0.2) is 9.78 Å². The lowest BCUT2D eigenvalue weighted by atomic mass is 10.1. The zero-order valence-corrected chi connectivity index (χ0v) is 12.5. The third-order valence-corrected chi connectivity index (χ3v) is 3.84. The molecule has 1 aromatic heterocycles. The van der Waals surface area contributed by atoms with E-state index in [1.54, 1.807) is 0 Å². The number of oxazole rings is 1. The highest BCUT2D eigenvalue weighted by Crippen LogP contribution is 2.19. The number of nitrogens with zero attached hydrogens (tertiary/aromatic N) is 2. The lowest BCUT2D eigenvalue weighted by molar-refractivity contribution is 0.128. The minimum Gasteiger partial charge on any atom is -0.465 e. The average molecular weight is 304 g/mol. The van der Waals surface area contributed by atoms with Crippen molar-refractivity contribution in [1.82, 2.24) is 15.2 Å². The van der Waals surface area contributed by atoms with Gasteiger partial charge in [0.15, 0.2) is 11.5 Å². The third-order valence-electron chi connectivity index (χ3n) is 3.84. The maximum Gasteiger partial charge on any atom is 0.407 e. The van der Waals surface area contributed by atoms with Crippen LogP contribution in [0.4, 0.5) is 10.5 Å². The topological polar surface area (TPSA) is 90.6 Å². The summed E-state index contributed by atoms with van der Waals surface area (Å²) in [6.45, 7) is 4.40. The fraction of sp³-hybridized carbons (Fsp3) is 0.467. The number of benzene rings is 1. The van der Waals surface area contributed by atoms with E-state index in [0.29, 0.717) is 25.5 Å². The predicted octanol–water partition coefficient (Wildman–Crippen LogP) is 1.89. The monoisotopic (exact) mass is 304 g/mol. The molecular weight excluding hydrogens is 284 g/mol. The van der Waals surface area contributed by atoms with E-state index in [9.17, 15) is 4.79 Å². The number of anilines is 1. The Morgan fingerprint density at radius 2 is 2.45 bits per heavy atom. The second kappa shape index (κ2) is 6.23. The van der Waals surface area contributed by atoms with Crippen LogP contribution in [0.2, 0.25) is 0 Å². The van der Waals surface area contributed by atoms with Crippen LogP contribution in [0.15, 0.2) is 22.6 Å². The zero-order chi connectivity index (χ0) is 15.5. The van der Waals surface area contributed by atoms with Crippen molar-refractivity contribution in [3.8, 4) is 0 Å². The first-order valence-electron chi connectivity index (χ1n) is 7.44. The molecule has 7 heteroatoms. The Labute approximate surface area is 128 Å². The summed E-state index contributed by atoms with van der Waals surface area (Å²) in [6, 6.07) is 6.03. The minimum atomic E-state index is -0.842. The standard InChI is InChI=1S/C15H20N4O3/c1-10-18-13-3-2-11(8-14(13)22-10)16-5-4-12-9-19(15(20)21)7-6-17-12/h2-3,8,12,16-17H,4-7,9H2,1H3,(H,20,21)/t12-/m1/s1. The maximum atomic E-state index is 11.0. The molecule has 118 valence electrons. The van der Waals surface area contributed by atoms with Crippen molar-refractivity contribution < 1.29 is 14.3 Å². The van der Waals surface area contributed by atoms with Crippen LogP contribution in [-0.4, -0.2) is 53.3 Å². The molecule has 1 saturated heterocycles. The van der Waals surface area contributed by atoms with Crippen molar-refractivity contribution in [2.24, 2.45) is 0 Å². The first kappa shape index (κ1) is 14.6. The molecular formula is C15H20N4O3. The lowest BCUT2D eigenvalue weighted by Gasteiger charge is -2.31. The van der Waals surface area contributed by atoms with E-state index in [-0.39, 0.29) is 6.04 Å². The number of rotatable bonds is 4. The minimum absolute atomic E-state index is 0.189. The molecule has 0 aliphatic carbocycles. The van der Waals surface area contributed by atoms with Crippen LogP contribution in [0.25, 0.3) is 11.1 Å². The molecule has 7 nitrogen and oxygen atoms in total. The van der Waals surface area contributed by atoms with Gasteiger partial charge in [0.1, 0.15) is 5.52 Å². The Morgan fingerprint density at radius 1 is 1.59 bits per heavy atom. The Bertz CT molecular complexity index is 670. The van der Waals surface area contributed by atoms with E-state index in [4.69, 9.17) is 9.52 Å². The van der Waals surface area contributed by atoms with Crippen LogP contribution in [0.3, 0.4) is 0 Å². The van der Waals surface area contributed by atoms with E-state index in [1.165, 1.54) is 4.90 Å². The first-order chi connectivity index (χ1) is 10.6. The van der Waals surface area contributed by atoms with E-state index < -0.39 is 6.09 Å². The number of carbonyl (C=O) groups is 1. The summed E-state index contributed by atoms with van der Waals surface area (Å²) in [6.07, 6.45) is 0.0163. The molecule has 0 unspecified atom stereocenters. The number of carboxylic acid groups (broad SMARTS) is 1. The first-order valence-corrected chi connectivity index (χ1v) is 7.44. The smallest absolute Gasteiger partial charge is 0.407 e. The van der Waals surface area contributed by atoms with Crippen LogP contribution in [-0.2, 0) is 0 Å². The van der Waals surface area contributed by atoms with Gasteiger partial charge < -0.3 is 25.1 Å². The number of nitrogens with one attached hydrogen (secondary N) is 2. The van der Waals surface area contributed by atoms with Gasteiger partial charge in [-0.3, -0.25) is 0 Å². The summed E-state index contributed by atoms with van der Waals surface area (Å²) in [5.74, 6) is 0.660. The molecule has 0 spiro atoms. The van der Waals surface area contributed by atoms with Gasteiger partial charge in [0.2, 0.25) is 0 Å². The summed E-state index contributed by atoms with van der Waals surface area (Å²) >= 11 is 0. The molecule has 1 aliphatic heterocycles. The van der Waals surface area contributed by atoms with Crippen molar-refractivity contribution >= 4 is 22.9 Å². The summed E-state index contributed by atoms with van der Waals surface area (Å²) in [4.78, 5) is 16.7. The molecule has 22 heavy (non-hydrogen) atoms. The Morgan fingerprint density at radius 3 is 3.27 bits per heavy atom. The van der Waals surface area contributed by atoms with Gasteiger partial charge in [0.05, 0.1) is 0 Å². The fourth-order valence-corrected chi connectivity index (χ4v) is 2.73. The molecule has 1 aromatic carbocycles. The molecule has 0 bridgehead atoms. The van der Waals surface area contributed by atoms with Gasteiger partial charge in [-0.05, 0) is 18.6 Å². The zero-order valence-electron chi connectivity index (χ0n) is 12.5. The van der Waals surface area contributed by atoms with E-state index in [0.717, 1.165) is 29.8 Å². The van der Waals surface area contributed by atoms with Crippen molar-refractivity contribution in [1.29, 1.82) is 0 Å². The SMILES string of the molecule is Cc1nc2ccc(NCC[C@@H]3CN(C(=O)O)CCN3)cc2o1. The van der Waals surface area contributed by atoms with E-state index >= 15 is 0 Å². The van der Waals surface area contributed by atoms with Crippen LogP contribution < -0.4 is 10.6 Å². The molecule has 0 saturated carbocycles. The molecule has 1 atom stereocenters. The van der Waals surface area contributed by atoms with Crippen molar-refractivity contribution in [2.75, 3.05) is 31.5 Å². The number of hydrogen-bond acceptors (Lipinski definition) is 5. The Kier molecular flexibility index (Phi) is 4.15. The Balaban J connectivity index is 1.52. The van der Waals surface area contributed by atoms with Crippen molar-refractivity contribution in [2.45, 2.75) is 19.4 Å². The largest absolute Gasteiger partial charge is 0.465 e. The quantitative estimate of drug-likeness (QED) is 0.799. The number of aryl methyl sites for hydroxylation is 1. The molecule has 1 amide bonds. The van der Waals surface area contributed by atoms with Crippen LogP contribution in [0, 0.1) is 6.92 Å². The number of amides is 1. The molecule has 0 radical (unpaired) electrons.